The minimum Gasteiger partial charge on any atom is -0.334 e. The third-order valence-electron chi connectivity index (χ3n) is 4.92. The molecule has 1 saturated heterocycles. The first-order valence-corrected chi connectivity index (χ1v) is 9.33. The highest BCUT2D eigenvalue weighted by Gasteiger charge is 2.31. The van der Waals surface area contributed by atoms with Crippen LogP contribution >= 0.6 is 11.3 Å². The molecule has 1 amide bonds. The highest BCUT2D eigenvalue weighted by molar-refractivity contribution is 7.10. The summed E-state index contributed by atoms with van der Waals surface area (Å²) in [6, 6.07) is 7.97. The molecule has 0 saturated carbocycles. The van der Waals surface area contributed by atoms with Crippen molar-refractivity contribution in [3.8, 4) is 0 Å². The lowest BCUT2D eigenvalue weighted by atomic mass is 10.1. The minimum absolute atomic E-state index is 0.0767. The van der Waals surface area contributed by atoms with Crippen molar-refractivity contribution in [1.82, 2.24) is 9.80 Å². The third-order valence-corrected chi connectivity index (χ3v) is 5.89. The lowest BCUT2D eigenvalue weighted by Crippen LogP contribution is -2.39. The van der Waals surface area contributed by atoms with Gasteiger partial charge in [0.05, 0.1) is 12.6 Å². The van der Waals surface area contributed by atoms with E-state index in [-0.39, 0.29) is 24.5 Å². The Morgan fingerprint density at radius 1 is 1.36 bits per heavy atom. The number of nitrogens with zero attached hydrogens (tertiary/aromatic N) is 2. The van der Waals surface area contributed by atoms with Crippen molar-refractivity contribution in [2.75, 3.05) is 20.1 Å². The molecule has 1 aliphatic rings. The fourth-order valence-electron chi connectivity index (χ4n) is 3.31. The van der Waals surface area contributed by atoms with Crippen molar-refractivity contribution in [2.24, 2.45) is 0 Å². The topological polar surface area (TPSA) is 23.6 Å². The van der Waals surface area contributed by atoms with Crippen molar-refractivity contribution in [3.63, 3.8) is 0 Å². The number of carbonyl (C=O) groups is 1. The van der Waals surface area contributed by atoms with Crippen LogP contribution in [0.25, 0.3) is 0 Å². The summed E-state index contributed by atoms with van der Waals surface area (Å²) < 4.78 is 26.6. The number of thiophene rings is 1. The van der Waals surface area contributed by atoms with Crippen LogP contribution in [-0.2, 0) is 4.79 Å². The predicted octanol–water partition coefficient (Wildman–Crippen LogP) is 4.38. The van der Waals surface area contributed by atoms with Gasteiger partial charge in [-0.25, -0.2) is 8.78 Å². The van der Waals surface area contributed by atoms with E-state index in [1.807, 2.05) is 35.2 Å². The van der Waals surface area contributed by atoms with Gasteiger partial charge in [-0.3, -0.25) is 9.69 Å². The Hall–Kier alpha value is -1.79. The van der Waals surface area contributed by atoms with Crippen LogP contribution < -0.4 is 0 Å². The number of hydrogen-bond acceptors (Lipinski definition) is 3. The zero-order valence-corrected chi connectivity index (χ0v) is 15.2. The van der Waals surface area contributed by atoms with Crippen molar-refractivity contribution in [2.45, 2.75) is 31.8 Å². The average Bonchev–Trinajstić information content (AvgIpc) is 3.27. The summed E-state index contributed by atoms with van der Waals surface area (Å²) >= 11 is 1.68. The van der Waals surface area contributed by atoms with Crippen LogP contribution in [0.15, 0.2) is 35.7 Å². The van der Waals surface area contributed by atoms with E-state index in [9.17, 15) is 13.6 Å². The molecular weight excluding hydrogens is 342 g/mol. The standard InChI is InChI=1S/C19H22F2N2OS/c1-13(14-7-8-15(20)16(21)11-14)22(2)12-19(24)23-9-3-5-17(23)18-6-4-10-25-18/h4,6-8,10-11,13,17H,3,5,9,12H2,1-2H3. The summed E-state index contributed by atoms with van der Waals surface area (Å²) in [5, 5.41) is 2.04. The maximum atomic E-state index is 13.5. The Balaban J connectivity index is 1.66. The van der Waals surface area contributed by atoms with Crippen LogP contribution in [0.1, 0.15) is 42.3 Å². The molecule has 2 aromatic rings. The van der Waals surface area contributed by atoms with Crippen LogP contribution in [0.2, 0.25) is 0 Å². The Kier molecular flexibility index (Phi) is 5.49. The summed E-state index contributed by atoms with van der Waals surface area (Å²) in [6.07, 6.45) is 2.01. The van der Waals surface area contributed by atoms with E-state index in [2.05, 4.69) is 6.07 Å². The van der Waals surface area contributed by atoms with Gasteiger partial charge < -0.3 is 4.90 Å². The van der Waals surface area contributed by atoms with Gasteiger partial charge in [0.1, 0.15) is 0 Å². The van der Waals surface area contributed by atoms with Crippen LogP contribution in [-0.4, -0.2) is 35.8 Å². The molecule has 1 aliphatic heterocycles. The fourth-order valence-corrected chi connectivity index (χ4v) is 4.18. The molecule has 0 N–H and O–H groups in total. The number of rotatable bonds is 5. The molecule has 0 aliphatic carbocycles. The largest absolute Gasteiger partial charge is 0.334 e. The molecule has 134 valence electrons. The van der Waals surface area contributed by atoms with Crippen molar-refractivity contribution >= 4 is 17.2 Å². The van der Waals surface area contributed by atoms with Gasteiger partial charge in [-0.1, -0.05) is 12.1 Å². The fraction of sp³-hybridized carbons (Fsp3) is 0.421. The number of likely N-dealkylation sites (N-methyl/N-ethyl adjacent to an activating group) is 1. The SMILES string of the molecule is CC(c1ccc(F)c(F)c1)N(C)CC(=O)N1CCCC1c1cccs1. The van der Waals surface area contributed by atoms with Gasteiger partial charge in [-0.2, -0.15) is 0 Å². The molecule has 0 radical (unpaired) electrons. The first kappa shape index (κ1) is 18.0. The van der Waals surface area contributed by atoms with Gasteiger partial charge in [-0.05, 0) is 56.0 Å². The van der Waals surface area contributed by atoms with E-state index < -0.39 is 11.6 Å². The zero-order valence-electron chi connectivity index (χ0n) is 14.4. The van der Waals surface area contributed by atoms with E-state index in [0.29, 0.717) is 5.56 Å². The Labute approximate surface area is 150 Å². The van der Waals surface area contributed by atoms with Gasteiger partial charge >= 0.3 is 0 Å². The zero-order chi connectivity index (χ0) is 18.0. The molecule has 1 aromatic heterocycles. The highest BCUT2D eigenvalue weighted by atomic mass is 32.1. The van der Waals surface area contributed by atoms with Gasteiger partial charge in [0.2, 0.25) is 5.91 Å². The number of hydrogen-bond donors (Lipinski definition) is 0. The maximum Gasteiger partial charge on any atom is 0.237 e. The third kappa shape index (κ3) is 3.90. The molecule has 3 nitrogen and oxygen atoms in total. The normalized spacial score (nSPS) is 18.8. The number of benzene rings is 1. The molecule has 0 bridgehead atoms. The smallest absolute Gasteiger partial charge is 0.237 e. The second-order valence-corrected chi connectivity index (χ2v) is 7.50. The van der Waals surface area contributed by atoms with E-state index in [0.717, 1.165) is 25.5 Å². The second-order valence-electron chi connectivity index (χ2n) is 6.53. The summed E-state index contributed by atoms with van der Waals surface area (Å²) in [5.41, 5.74) is 0.658. The number of likely N-dealkylation sites (tertiary alicyclic amines) is 1. The summed E-state index contributed by atoms with van der Waals surface area (Å²) in [5.74, 6) is -1.64. The minimum atomic E-state index is -0.860. The molecule has 0 spiro atoms. The van der Waals surface area contributed by atoms with Crippen molar-refractivity contribution in [1.29, 1.82) is 0 Å². The van der Waals surface area contributed by atoms with Gasteiger partial charge in [0, 0.05) is 17.5 Å². The van der Waals surface area contributed by atoms with E-state index in [1.54, 1.807) is 17.4 Å². The quantitative estimate of drug-likeness (QED) is 0.786. The molecule has 2 unspecified atom stereocenters. The number of amides is 1. The molecular formula is C19H22F2N2OS. The molecule has 25 heavy (non-hydrogen) atoms. The molecule has 2 atom stereocenters. The van der Waals surface area contributed by atoms with Crippen LogP contribution in [0.3, 0.4) is 0 Å². The Morgan fingerprint density at radius 2 is 2.16 bits per heavy atom. The van der Waals surface area contributed by atoms with Crippen LogP contribution in [0, 0.1) is 11.6 Å². The van der Waals surface area contributed by atoms with E-state index in [4.69, 9.17) is 0 Å². The summed E-state index contributed by atoms with van der Waals surface area (Å²) in [7, 11) is 1.83. The number of halogens is 2. The molecule has 3 rings (SSSR count). The maximum absolute atomic E-state index is 13.5. The predicted molar refractivity (Wildman–Crippen MR) is 95.4 cm³/mol. The van der Waals surface area contributed by atoms with Gasteiger partial charge in [-0.15, -0.1) is 11.3 Å². The second kappa shape index (κ2) is 7.62. The molecule has 1 aromatic carbocycles. The Morgan fingerprint density at radius 3 is 2.84 bits per heavy atom. The molecule has 2 heterocycles. The molecule has 6 heteroatoms. The average molecular weight is 364 g/mol. The first-order valence-electron chi connectivity index (χ1n) is 8.45. The monoisotopic (exact) mass is 364 g/mol. The van der Waals surface area contributed by atoms with Crippen molar-refractivity contribution < 1.29 is 13.6 Å². The first-order chi connectivity index (χ1) is 12.0. The summed E-state index contributed by atoms with van der Waals surface area (Å²) in [6.45, 7) is 2.91. The lowest BCUT2D eigenvalue weighted by Gasteiger charge is -2.29. The number of carbonyl (C=O) groups excluding carboxylic acids is 1. The van der Waals surface area contributed by atoms with Crippen LogP contribution in [0.4, 0.5) is 8.78 Å². The van der Waals surface area contributed by atoms with Gasteiger partial charge in [0.15, 0.2) is 11.6 Å². The summed E-state index contributed by atoms with van der Waals surface area (Å²) in [4.78, 5) is 17.8. The van der Waals surface area contributed by atoms with E-state index >= 15 is 0 Å². The molecule has 1 fully saturated rings. The highest BCUT2D eigenvalue weighted by Crippen LogP contribution is 2.34. The van der Waals surface area contributed by atoms with Crippen molar-refractivity contribution in [3.05, 3.63) is 57.8 Å². The van der Waals surface area contributed by atoms with Gasteiger partial charge in [0.25, 0.3) is 0 Å². The lowest BCUT2D eigenvalue weighted by molar-refractivity contribution is -0.133. The Bertz CT molecular complexity index is 735. The van der Waals surface area contributed by atoms with E-state index in [1.165, 1.54) is 10.9 Å². The van der Waals surface area contributed by atoms with Crippen LogP contribution in [0.5, 0.6) is 0 Å².